The van der Waals surface area contributed by atoms with E-state index in [1.807, 2.05) is 7.05 Å². The molecule has 2 fully saturated rings. The Morgan fingerprint density at radius 3 is 2.37 bits per heavy atom. The minimum atomic E-state index is 0. The Bertz CT molecular complexity index is 396. The summed E-state index contributed by atoms with van der Waals surface area (Å²) in [6.45, 7) is 14.2. The van der Waals surface area contributed by atoms with Crippen LogP contribution in [0.2, 0.25) is 0 Å². The van der Waals surface area contributed by atoms with Crippen molar-refractivity contribution in [2.45, 2.75) is 52.0 Å². The smallest absolute Gasteiger partial charge is 0.191 e. The van der Waals surface area contributed by atoms with Gasteiger partial charge >= 0.3 is 0 Å². The Labute approximate surface area is 183 Å². The number of hydrogen-bond donors (Lipinski definition) is 2. The molecule has 0 amide bonds. The van der Waals surface area contributed by atoms with Crippen molar-refractivity contribution >= 4 is 29.9 Å². The van der Waals surface area contributed by atoms with E-state index >= 15 is 0 Å². The Morgan fingerprint density at radius 1 is 1.04 bits per heavy atom. The molecular weight excluding hydrogens is 453 g/mol. The third-order valence-corrected chi connectivity index (χ3v) is 5.43. The summed E-state index contributed by atoms with van der Waals surface area (Å²) in [7, 11) is 1.87. The molecule has 0 radical (unpaired) electrons. The lowest BCUT2D eigenvalue weighted by molar-refractivity contribution is 0.0132. The van der Waals surface area contributed by atoms with Crippen molar-refractivity contribution in [2.24, 2.45) is 10.9 Å². The lowest BCUT2D eigenvalue weighted by Crippen LogP contribution is -2.51. The van der Waals surface area contributed by atoms with Crippen LogP contribution in [0, 0.1) is 5.92 Å². The zero-order chi connectivity index (χ0) is 18.6. The van der Waals surface area contributed by atoms with E-state index in [9.17, 15) is 0 Å². The van der Waals surface area contributed by atoms with Gasteiger partial charge in [0.15, 0.2) is 5.96 Å². The summed E-state index contributed by atoms with van der Waals surface area (Å²) in [5.74, 6) is 1.64. The summed E-state index contributed by atoms with van der Waals surface area (Å²) in [5, 5.41) is 7.03. The first kappa shape index (κ1) is 24.9. The number of morpholine rings is 1. The van der Waals surface area contributed by atoms with Crippen molar-refractivity contribution in [3.63, 3.8) is 0 Å². The van der Waals surface area contributed by atoms with Crippen LogP contribution in [0.1, 0.15) is 46.0 Å². The molecule has 0 aromatic carbocycles. The molecule has 0 spiro atoms. The van der Waals surface area contributed by atoms with Crippen LogP contribution in [0.15, 0.2) is 4.99 Å². The molecule has 0 aromatic heterocycles. The maximum atomic E-state index is 5.51. The highest BCUT2D eigenvalue weighted by Crippen LogP contribution is 2.13. The van der Waals surface area contributed by atoms with E-state index in [-0.39, 0.29) is 24.0 Å². The van der Waals surface area contributed by atoms with E-state index < -0.39 is 0 Å². The summed E-state index contributed by atoms with van der Waals surface area (Å²) >= 11 is 0. The Balaban J connectivity index is 0.00000364. The first-order valence-corrected chi connectivity index (χ1v) is 10.7. The van der Waals surface area contributed by atoms with E-state index in [4.69, 9.17) is 4.74 Å². The molecule has 0 aliphatic carbocycles. The first-order valence-electron chi connectivity index (χ1n) is 10.7. The SMILES string of the molecule is CN=C(NCCCCN1CCCC1)NCC(CC(C)C)N1CCOCC1.I. The summed E-state index contributed by atoms with van der Waals surface area (Å²) in [5.41, 5.74) is 0. The average Bonchev–Trinajstić information content (AvgIpc) is 3.16. The molecular formula is C20H42IN5O. The van der Waals surface area contributed by atoms with Crippen LogP contribution in [0.25, 0.3) is 0 Å². The number of ether oxygens (including phenoxy) is 1. The van der Waals surface area contributed by atoms with Crippen LogP contribution in [0.3, 0.4) is 0 Å². The molecule has 2 aliphatic heterocycles. The van der Waals surface area contributed by atoms with Gasteiger partial charge in [0.05, 0.1) is 13.2 Å². The third kappa shape index (κ3) is 10.3. The molecule has 2 saturated heterocycles. The van der Waals surface area contributed by atoms with Gasteiger partial charge in [-0.25, -0.2) is 0 Å². The molecule has 2 heterocycles. The summed E-state index contributed by atoms with van der Waals surface area (Å²) < 4.78 is 5.51. The molecule has 160 valence electrons. The molecule has 27 heavy (non-hydrogen) atoms. The highest BCUT2D eigenvalue weighted by atomic mass is 127. The maximum absolute atomic E-state index is 5.51. The van der Waals surface area contributed by atoms with Crippen molar-refractivity contribution in [3.05, 3.63) is 0 Å². The van der Waals surface area contributed by atoms with Crippen LogP contribution >= 0.6 is 24.0 Å². The van der Waals surface area contributed by atoms with Crippen molar-refractivity contribution in [3.8, 4) is 0 Å². The fourth-order valence-electron chi connectivity index (χ4n) is 3.96. The van der Waals surface area contributed by atoms with E-state index in [1.165, 1.54) is 51.7 Å². The minimum Gasteiger partial charge on any atom is -0.379 e. The van der Waals surface area contributed by atoms with Crippen molar-refractivity contribution < 1.29 is 4.74 Å². The lowest BCUT2D eigenvalue weighted by atomic mass is 10.0. The van der Waals surface area contributed by atoms with Gasteiger partial charge in [-0.15, -0.1) is 24.0 Å². The normalized spacial score (nSPS) is 20.5. The van der Waals surface area contributed by atoms with Crippen LogP contribution in [-0.2, 0) is 4.74 Å². The van der Waals surface area contributed by atoms with E-state index in [0.717, 1.165) is 45.4 Å². The zero-order valence-corrected chi connectivity index (χ0v) is 20.0. The molecule has 1 unspecified atom stereocenters. The number of halogens is 1. The number of unbranched alkanes of at least 4 members (excludes halogenated alkanes) is 1. The van der Waals surface area contributed by atoms with Crippen LogP contribution < -0.4 is 10.6 Å². The Hall–Kier alpha value is -0.120. The molecule has 0 aromatic rings. The lowest BCUT2D eigenvalue weighted by Gasteiger charge is -2.35. The molecule has 1 atom stereocenters. The molecule has 2 rings (SSSR count). The number of nitrogens with zero attached hydrogens (tertiary/aromatic N) is 3. The molecule has 2 N–H and O–H groups in total. The van der Waals surface area contributed by atoms with Gasteiger partial charge in [-0.2, -0.15) is 0 Å². The van der Waals surface area contributed by atoms with E-state index in [0.29, 0.717) is 12.0 Å². The van der Waals surface area contributed by atoms with Gasteiger partial charge in [-0.05, 0) is 57.7 Å². The zero-order valence-electron chi connectivity index (χ0n) is 17.7. The second kappa shape index (κ2) is 14.8. The highest BCUT2D eigenvalue weighted by molar-refractivity contribution is 14.0. The van der Waals surface area contributed by atoms with Crippen LogP contribution in [-0.4, -0.2) is 87.9 Å². The number of guanidine groups is 1. The third-order valence-electron chi connectivity index (χ3n) is 5.43. The first-order chi connectivity index (χ1) is 12.7. The quantitative estimate of drug-likeness (QED) is 0.211. The largest absolute Gasteiger partial charge is 0.379 e. The van der Waals surface area contributed by atoms with Gasteiger partial charge in [-0.1, -0.05) is 13.8 Å². The summed E-state index contributed by atoms with van der Waals surface area (Å²) in [4.78, 5) is 9.56. The number of rotatable bonds is 10. The van der Waals surface area contributed by atoms with Gasteiger partial charge in [0, 0.05) is 39.3 Å². The van der Waals surface area contributed by atoms with Crippen molar-refractivity contribution in [1.82, 2.24) is 20.4 Å². The van der Waals surface area contributed by atoms with Gasteiger partial charge < -0.3 is 20.3 Å². The number of likely N-dealkylation sites (tertiary alicyclic amines) is 1. The van der Waals surface area contributed by atoms with Gasteiger partial charge in [0.2, 0.25) is 0 Å². The van der Waals surface area contributed by atoms with Gasteiger partial charge in [-0.3, -0.25) is 9.89 Å². The van der Waals surface area contributed by atoms with Gasteiger partial charge in [0.1, 0.15) is 0 Å². The molecule has 2 aliphatic rings. The topological polar surface area (TPSA) is 52.1 Å². The predicted molar refractivity (Wildman–Crippen MR) is 125 cm³/mol. The van der Waals surface area contributed by atoms with Gasteiger partial charge in [0.25, 0.3) is 0 Å². The van der Waals surface area contributed by atoms with E-state index in [2.05, 4.69) is 39.3 Å². The van der Waals surface area contributed by atoms with Crippen molar-refractivity contribution in [1.29, 1.82) is 0 Å². The second-order valence-electron chi connectivity index (χ2n) is 8.07. The standard InChI is InChI=1S/C20H41N5O.HI/c1-18(2)16-19(25-12-14-26-15-13-25)17-23-20(21-3)22-8-4-5-9-24-10-6-7-11-24;/h18-19H,4-17H2,1-3H3,(H2,21,22,23);1H. The fourth-order valence-corrected chi connectivity index (χ4v) is 3.96. The van der Waals surface area contributed by atoms with E-state index in [1.54, 1.807) is 0 Å². The highest BCUT2D eigenvalue weighted by Gasteiger charge is 2.22. The molecule has 0 bridgehead atoms. The van der Waals surface area contributed by atoms with Crippen LogP contribution in [0.4, 0.5) is 0 Å². The maximum Gasteiger partial charge on any atom is 0.191 e. The van der Waals surface area contributed by atoms with Crippen molar-refractivity contribution in [2.75, 3.05) is 66.1 Å². The fraction of sp³-hybridized carbons (Fsp3) is 0.950. The van der Waals surface area contributed by atoms with Crippen LogP contribution in [0.5, 0.6) is 0 Å². The minimum absolute atomic E-state index is 0. The Morgan fingerprint density at radius 2 is 1.74 bits per heavy atom. The number of aliphatic imine (C=N–C) groups is 1. The summed E-state index contributed by atoms with van der Waals surface area (Å²) in [6.07, 6.45) is 6.45. The molecule has 7 heteroatoms. The second-order valence-corrected chi connectivity index (χ2v) is 8.07. The summed E-state index contributed by atoms with van der Waals surface area (Å²) in [6, 6.07) is 0.549. The Kier molecular flexibility index (Phi) is 13.7. The molecule has 6 nitrogen and oxygen atoms in total. The predicted octanol–water partition coefficient (Wildman–Crippen LogP) is 2.39. The average molecular weight is 495 g/mol. The monoisotopic (exact) mass is 495 g/mol. The molecule has 0 saturated carbocycles. The number of nitrogens with one attached hydrogen (secondary N) is 2. The number of hydrogen-bond acceptors (Lipinski definition) is 4.